The Kier molecular flexibility index (Phi) is 8.15. The zero-order valence-corrected chi connectivity index (χ0v) is 20.3. The fourth-order valence-corrected chi connectivity index (χ4v) is 5.06. The van der Waals surface area contributed by atoms with E-state index in [-0.39, 0.29) is 18.5 Å². The molecule has 1 aromatic carbocycles. The number of amides is 3. The first kappa shape index (κ1) is 26.6. The molecule has 0 radical (unpaired) electrons. The van der Waals surface area contributed by atoms with Crippen LogP contribution in [0.4, 0.5) is 23.7 Å². The van der Waals surface area contributed by atoms with Crippen LogP contribution in [0.1, 0.15) is 30.4 Å². The number of nitrogens with zero attached hydrogens (tertiary/aromatic N) is 4. The number of rotatable bonds is 6. The highest BCUT2D eigenvalue weighted by atomic mass is 19.4. The van der Waals surface area contributed by atoms with E-state index in [1.807, 2.05) is 4.90 Å². The van der Waals surface area contributed by atoms with Crippen molar-refractivity contribution in [1.29, 1.82) is 5.26 Å². The maximum Gasteiger partial charge on any atom is 0.417 e. The van der Waals surface area contributed by atoms with Gasteiger partial charge < -0.3 is 24.8 Å². The lowest BCUT2D eigenvalue weighted by atomic mass is 9.70. The number of carbonyl (C=O) groups excluding carboxylic acids is 2. The Labute approximate surface area is 203 Å². The molecule has 1 N–H and O–H groups in total. The fourth-order valence-electron chi connectivity index (χ4n) is 5.06. The van der Waals surface area contributed by atoms with Gasteiger partial charge >= 0.3 is 12.2 Å². The molecule has 3 rings (SSSR count). The second-order valence-electron chi connectivity index (χ2n) is 9.43. The third kappa shape index (κ3) is 5.81. The van der Waals surface area contributed by atoms with Crippen LogP contribution >= 0.6 is 0 Å². The molecule has 2 aliphatic rings. The van der Waals surface area contributed by atoms with Crippen LogP contribution in [0.15, 0.2) is 18.2 Å². The van der Waals surface area contributed by atoms with Gasteiger partial charge in [-0.25, -0.2) is 4.79 Å². The Morgan fingerprint density at radius 3 is 2.54 bits per heavy atom. The highest BCUT2D eigenvalue weighted by Gasteiger charge is 2.52. The summed E-state index contributed by atoms with van der Waals surface area (Å²) in [6.45, 7) is 2.67. The first-order chi connectivity index (χ1) is 16.5. The number of alkyl halides is 3. The number of methoxy groups -OCH3 is 1. The van der Waals surface area contributed by atoms with E-state index < -0.39 is 28.6 Å². The highest BCUT2D eigenvalue weighted by Crippen LogP contribution is 2.47. The lowest BCUT2D eigenvalue weighted by Gasteiger charge is -2.42. The van der Waals surface area contributed by atoms with Crippen LogP contribution in [-0.4, -0.2) is 82.3 Å². The zero-order valence-electron chi connectivity index (χ0n) is 20.3. The van der Waals surface area contributed by atoms with Crippen LogP contribution in [0.2, 0.25) is 0 Å². The third-order valence-electron chi connectivity index (χ3n) is 7.03. The molecule has 0 aromatic heterocycles. The highest BCUT2D eigenvalue weighted by molar-refractivity contribution is 5.81. The van der Waals surface area contributed by atoms with Crippen molar-refractivity contribution in [2.45, 2.75) is 25.4 Å². The number of anilines is 1. The molecule has 1 atom stereocenters. The van der Waals surface area contributed by atoms with Gasteiger partial charge in [0.05, 0.1) is 23.1 Å². The first-order valence-electron chi connectivity index (χ1n) is 11.6. The average molecular weight is 496 g/mol. The summed E-state index contributed by atoms with van der Waals surface area (Å²) in [4.78, 5) is 30.7. The molecule has 0 aliphatic carbocycles. The molecule has 35 heavy (non-hydrogen) atoms. The van der Waals surface area contributed by atoms with Crippen LogP contribution in [0.25, 0.3) is 0 Å². The van der Waals surface area contributed by atoms with E-state index in [9.17, 15) is 22.8 Å². The van der Waals surface area contributed by atoms with Crippen molar-refractivity contribution < 1.29 is 27.5 Å². The summed E-state index contributed by atoms with van der Waals surface area (Å²) in [6.07, 6.45) is -2.80. The minimum atomic E-state index is -4.65. The lowest BCUT2D eigenvalue weighted by molar-refractivity contribution is -0.138. The summed E-state index contributed by atoms with van der Waals surface area (Å²) >= 11 is 0. The van der Waals surface area contributed by atoms with E-state index in [1.54, 1.807) is 32.2 Å². The quantitative estimate of drug-likeness (QED) is 0.613. The summed E-state index contributed by atoms with van der Waals surface area (Å²) in [5, 5.41) is 12.0. The summed E-state index contributed by atoms with van der Waals surface area (Å²) in [7, 11) is 4.94. The van der Waals surface area contributed by atoms with Gasteiger partial charge in [-0.1, -0.05) is 0 Å². The lowest BCUT2D eigenvalue weighted by Crippen LogP contribution is -2.51. The molecule has 0 saturated carbocycles. The van der Waals surface area contributed by atoms with Crippen LogP contribution in [-0.2, 0) is 15.7 Å². The van der Waals surface area contributed by atoms with Gasteiger partial charge in [-0.15, -0.1) is 0 Å². The summed E-state index contributed by atoms with van der Waals surface area (Å²) in [6, 6.07) is 5.13. The summed E-state index contributed by atoms with van der Waals surface area (Å²) < 4.78 is 45.6. The van der Waals surface area contributed by atoms with Gasteiger partial charge in [-0.05, 0) is 37.5 Å². The van der Waals surface area contributed by atoms with Crippen LogP contribution in [0.5, 0.6) is 0 Å². The second kappa shape index (κ2) is 10.7. The third-order valence-corrected chi connectivity index (χ3v) is 7.03. The van der Waals surface area contributed by atoms with Crippen molar-refractivity contribution >= 4 is 17.6 Å². The SMILES string of the molecule is COCCCNC(=O)N1CCC2(CC1)CN(c1ccc(C#N)c(C(F)(F)F)c1)CC2C(=O)N(C)C. The molecule has 2 saturated heterocycles. The van der Waals surface area contributed by atoms with Crippen LogP contribution < -0.4 is 10.2 Å². The smallest absolute Gasteiger partial charge is 0.385 e. The molecular formula is C24H32F3N5O3. The number of nitriles is 1. The number of halogens is 3. The molecule has 1 unspecified atom stereocenters. The predicted octanol–water partition coefficient (Wildman–Crippen LogP) is 2.93. The van der Waals surface area contributed by atoms with E-state index in [2.05, 4.69) is 5.32 Å². The number of benzene rings is 1. The topological polar surface area (TPSA) is 88.9 Å². The number of ether oxygens (including phenoxy) is 1. The molecule has 2 aliphatic heterocycles. The minimum absolute atomic E-state index is 0.0744. The van der Waals surface area contributed by atoms with E-state index in [4.69, 9.17) is 10.00 Å². The molecule has 8 nitrogen and oxygen atoms in total. The van der Waals surface area contributed by atoms with Gasteiger partial charge in [0, 0.05) is 71.6 Å². The standard InChI is InChI=1S/C24H32F3N5O3/c1-30(2)21(33)20-15-32(18-6-5-17(14-28)19(13-18)24(25,26)27)16-23(20)7-10-31(11-8-23)22(34)29-9-4-12-35-3/h5-6,13,20H,4,7-12,15-16H2,1-3H3,(H,29,34). The first-order valence-corrected chi connectivity index (χ1v) is 11.6. The van der Waals surface area contributed by atoms with Gasteiger partial charge in [-0.2, -0.15) is 18.4 Å². The number of carbonyl (C=O) groups is 2. The molecule has 2 fully saturated rings. The predicted molar refractivity (Wildman–Crippen MR) is 124 cm³/mol. The molecule has 192 valence electrons. The zero-order chi connectivity index (χ0) is 25.8. The van der Waals surface area contributed by atoms with Crippen LogP contribution in [0.3, 0.4) is 0 Å². The van der Waals surface area contributed by atoms with Crippen molar-refractivity contribution in [3.05, 3.63) is 29.3 Å². The van der Waals surface area contributed by atoms with E-state index in [1.165, 1.54) is 17.0 Å². The maximum atomic E-state index is 13.5. The molecular weight excluding hydrogens is 463 g/mol. The molecule has 3 amide bonds. The number of hydrogen-bond donors (Lipinski definition) is 1. The van der Waals surface area contributed by atoms with Crippen molar-refractivity contribution in [3.8, 4) is 6.07 Å². The molecule has 2 heterocycles. The Bertz CT molecular complexity index is 968. The Morgan fingerprint density at radius 1 is 1.29 bits per heavy atom. The van der Waals surface area contributed by atoms with Gasteiger partial charge in [0.15, 0.2) is 0 Å². The van der Waals surface area contributed by atoms with Gasteiger partial charge in [-0.3, -0.25) is 4.79 Å². The second-order valence-corrected chi connectivity index (χ2v) is 9.43. The van der Waals surface area contributed by atoms with Crippen molar-refractivity contribution in [3.63, 3.8) is 0 Å². The monoisotopic (exact) mass is 495 g/mol. The van der Waals surface area contributed by atoms with Gasteiger partial charge in [0.25, 0.3) is 0 Å². The Hall–Kier alpha value is -3.00. The normalized spacial score (nSPS) is 19.5. The fraction of sp³-hybridized carbons (Fsp3) is 0.625. The Morgan fingerprint density at radius 2 is 1.97 bits per heavy atom. The van der Waals surface area contributed by atoms with E-state index >= 15 is 0 Å². The number of piperidine rings is 1. The molecule has 1 aromatic rings. The van der Waals surface area contributed by atoms with E-state index in [0.717, 1.165) is 6.07 Å². The summed E-state index contributed by atoms with van der Waals surface area (Å²) in [5.74, 6) is -0.482. The number of hydrogen-bond acceptors (Lipinski definition) is 5. The average Bonchev–Trinajstić information content (AvgIpc) is 3.19. The number of urea groups is 1. The summed E-state index contributed by atoms with van der Waals surface area (Å²) in [5.41, 5.74) is -1.53. The van der Waals surface area contributed by atoms with Gasteiger partial charge in [0.2, 0.25) is 5.91 Å². The number of nitrogens with one attached hydrogen (secondary N) is 1. The molecule has 11 heteroatoms. The van der Waals surface area contributed by atoms with Crippen LogP contribution in [0, 0.1) is 22.7 Å². The molecule has 1 spiro atoms. The Balaban J connectivity index is 1.79. The largest absolute Gasteiger partial charge is 0.417 e. The van der Waals surface area contributed by atoms with Crippen molar-refractivity contribution in [1.82, 2.24) is 15.1 Å². The maximum absolute atomic E-state index is 13.5. The number of likely N-dealkylation sites (tertiary alicyclic amines) is 1. The van der Waals surface area contributed by atoms with Gasteiger partial charge in [0.1, 0.15) is 0 Å². The van der Waals surface area contributed by atoms with Crippen molar-refractivity contribution in [2.75, 3.05) is 65.4 Å². The minimum Gasteiger partial charge on any atom is -0.385 e. The van der Waals surface area contributed by atoms with Crippen molar-refractivity contribution in [2.24, 2.45) is 11.3 Å². The molecule has 0 bridgehead atoms. The van der Waals surface area contributed by atoms with E-state index in [0.29, 0.717) is 57.7 Å².